The van der Waals surface area contributed by atoms with E-state index in [0.29, 0.717) is 26.1 Å². The average Bonchev–Trinajstić information content (AvgIpc) is 3.51. The number of rotatable bonds is 8. The molecular formula is C36H44N6O3S. The van der Waals surface area contributed by atoms with E-state index < -0.39 is 5.60 Å². The van der Waals surface area contributed by atoms with Crippen LogP contribution in [-0.2, 0) is 22.3 Å². The van der Waals surface area contributed by atoms with Gasteiger partial charge in [-0.15, -0.1) is 21.5 Å². The number of amides is 1. The smallest absolute Gasteiger partial charge is 0.410 e. The summed E-state index contributed by atoms with van der Waals surface area (Å²) < 4.78 is 13.9. The van der Waals surface area contributed by atoms with Crippen molar-refractivity contribution in [1.29, 1.82) is 0 Å². The number of pyridine rings is 1. The van der Waals surface area contributed by atoms with Gasteiger partial charge in [-0.25, -0.2) is 4.79 Å². The number of benzene rings is 1. The summed E-state index contributed by atoms with van der Waals surface area (Å²) in [5.41, 5.74) is 6.28. The molecule has 0 N–H and O–H groups in total. The number of aromatic nitrogens is 4. The second kappa shape index (κ2) is 13.5. The molecule has 10 heteroatoms. The summed E-state index contributed by atoms with van der Waals surface area (Å²) in [6, 6.07) is 14.6. The van der Waals surface area contributed by atoms with Gasteiger partial charge in [-0.1, -0.05) is 30.3 Å². The van der Waals surface area contributed by atoms with Crippen molar-refractivity contribution in [1.82, 2.24) is 24.6 Å². The molecule has 0 bridgehead atoms. The molecule has 0 spiro atoms. The van der Waals surface area contributed by atoms with Crippen LogP contribution >= 0.6 is 11.3 Å². The number of likely N-dealkylation sites (tertiary alicyclic amines) is 1. The van der Waals surface area contributed by atoms with E-state index in [2.05, 4.69) is 57.9 Å². The maximum atomic E-state index is 12.3. The van der Waals surface area contributed by atoms with Crippen molar-refractivity contribution in [2.24, 2.45) is 4.99 Å². The summed E-state index contributed by atoms with van der Waals surface area (Å²) in [5.74, 6) is 1.72. The van der Waals surface area contributed by atoms with Gasteiger partial charge in [0.15, 0.2) is 5.82 Å². The molecule has 5 heterocycles. The zero-order chi connectivity index (χ0) is 32.4. The lowest BCUT2D eigenvalue weighted by atomic mass is 9.97. The Bertz CT molecular complexity index is 1700. The number of ether oxygens (including phenoxy) is 2. The van der Waals surface area contributed by atoms with Gasteiger partial charge in [-0.2, -0.15) is 0 Å². The number of nitrogens with zero attached hydrogens (tertiary/aromatic N) is 6. The highest BCUT2D eigenvalue weighted by atomic mass is 32.1. The number of aliphatic imine (C=N–C) groups is 1. The van der Waals surface area contributed by atoms with E-state index in [9.17, 15) is 4.79 Å². The number of hydrogen-bond donors (Lipinski definition) is 0. The molecule has 2 aliphatic heterocycles. The first kappa shape index (κ1) is 32.1. The number of carbonyl (C=O) groups is 1. The van der Waals surface area contributed by atoms with Crippen LogP contribution in [0.3, 0.4) is 0 Å². The van der Waals surface area contributed by atoms with Gasteiger partial charge in [0.1, 0.15) is 22.5 Å². The Morgan fingerprint density at radius 1 is 1.02 bits per heavy atom. The van der Waals surface area contributed by atoms with Gasteiger partial charge in [-0.3, -0.25) is 14.5 Å². The van der Waals surface area contributed by atoms with Gasteiger partial charge in [0.2, 0.25) is 0 Å². The summed E-state index contributed by atoms with van der Waals surface area (Å²) in [6.07, 6.45) is 6.00. The summed E-state index contributed by atoms with van der Waals surface area (Å²) in [7, 11) is 0. The number of carbonyl (C=O) groups excluding carboxylic acids is 1. The van der Waals surface area contributed by atoms with Crippen molar-refractivity contribution in [2.75, 3.05) is 19.7 Å². The van der Waals surface area contributed by atoms with Crippen molar-refractivity contribution in [3.63, 3.8) is 0 Å². The van der Waals surface area contributed by atoms with Crippen LogP contribution in [0.2, 0.25) is 0 Å². The Hall–Kier alpha value is -3.89. The molecule has 9 nitrogen and oxygen atoms in total. The minimum atomic E-state index is -0.472. The van der Waals surface area contributed by atoms with E-state index in [1.54, 1.807) is 16.2 Å². The van der Waals surface area contributed by atoms with Gasteiger partial charge in [0, 0.05) is 54.0 Å². The Kier molecular flexibility index (Phi) is 9.38. The molecule has 3 aromatic heterocycles. The number of aryl methyl sites for hydroxylation is 3. The van der Waals surface area contributed by atoms with Gasteiger partial charge < -0.3 is 14.4 Å². The van der Waals surface area contributed by atoms with Crippen LogP contribution < -0.4 is 0 Å². The van der Waals surface area contributed by atoms with E-state index in [-0.39, 0.29) is 18.2 Å². The fourth-order valence-electron chi connectivity index (χ4n) is 6.13. The molecule has 0 radical (unpaired) electrons. The quantitative estimate of drug-likeness (QED) is 0.190. The lowest BCUT2D eigenvalue weighted by molar-refractivity contribution is -0.0117. The van der Waals surface area contributed by atoms with Gasteiger partial charge in [0.25, 0.3) is 0 Å². The minimum Gasteiger partial charge on any atom is -0.444 e. The fraction of sp³-hybridized carbons (Fsp3) is 0.472. The summed E-state index contributed by atoms with van der Waals surface area (Å²) in [5, 5.41) is 10.2. The van der Waals surface area contributed by atoms with Crippen molar-refractivity contribution >= 4 is 23.1 Å². The number of piperidine rings is 1. The molecule has 4 aromatic rings. The number of fused-ring (bicyclic) bond motifs is 3. The van der Waals surface area contributed by atoms with E-state index in [1.165, 1.54) is 16.0 Å². The van der Waals surface area contributed by atoms with E-state index in [4.69, 9.17) is 14.5 Å². The van der Waals surface area contributed by atoms with Crippen molar-refractivity contribution < 1.29 is 14.3 Å². The summed E-state index contributed by atoms with van der Waals surface area (Å²) in [4.78, 5) is 25.4. The lowest BCUT2D eigenvalue weighted by Crippen LogP contribution is -2.43. The zero-order valence-corrected chi connectivity index (χ0v) is 28.6. The van der Waals surface area contributed by atoms with Crippen LogP contribution in [0.5, 0.6) is 0 Å². The van der Waals surface area contributed by atoms with Gasteiger partial charge in [0.05, 0.1) is 11.8 Å². The third-order valence-electron chi connectivity index (χ3n) is 8.65. The summed E-state index contributed by atoms with van der Waals surface area (Å²) >= 11 is 1.78. The highest BCUT2D eigenvalue weighted by Gasteiger charge is 2.32. The molecule has 1 atom stereocenters. The predicted octanol–water partition coefficient (Wildman–Crippen LogP) is 7.13. The molecular weight excluding hydrogens is 597 g/mol. The molecule has 1 amide bonds. The Balaban J connectivity index is 1.12. The molecule has 46 heavy (non-hydrogen) atoms. The second-order valence-electron chi connectivity index (χ2n) is 13.3. The molecule has 0 saturated carbocycles. The van der Waals surface area contributed by atoms with Crippen LogP contribution in [0.25, 0.3) is 5.00 Å². The van der Waals surface area contributed by atoms with Crippen molar-refractivity contribution in [3.05, 3.63) is 93.1 Å². The van der Waals surface area contributed by atoms with Crippen LogP contribution in [0.4, 0.5) is 4.79 Å². The molecule has 2 aliphatic rings. The Labute approximate surface area is 275 Å². The maximum absolute atomic E-state index is 12.3. The minimum absolute atomic E-state index is 0.188. The highest BCUT2D eigenvalue weighted by Crippen LogP contribution is 2.39. The van der Waals surface area contributed by atoms with Crippen LogP contribution in [0, 0.1) is 20.8 Å². The van der Waals surface area contributed by atoms with Crippen molar-refractivity contribution in [3.8, 4) is 5.00 Å². The Morgan fingerprint density at radius 2 is 1.78 bits per heavy atom. The van der Waals surface area contributed by atoms with Crippen LogP contribution in [-0.4, -0.2) is 67.9 Å². The van der Waals surface area contributed by atoms with Crippen LogP contribution in [0.15, 0.2) is 53.7 Å². The third kappa shape index (κ3) is 7.08. The zero-order valence-electron chi connectivity index (χ0n) is 27.7. The number of hydrogen-bond acceptors (Lipinski definition) is 8. The molecule has 1 saturated heterocycles. The maximum Gasteiger partial charge on any atom is 0.410 e. The second-order valence-corrected chi connectivity index (χ2v) is 14.5. The first-order valence-electron chi connectivity index (χ1n) is 16.3. The predicted molar refractivity (Wildman–Crippen MR) is 181 cm³/mol. The third-order valence-corrected chi connectivity index (χ3v) is 9.84. The largest absolute Gasteiger partial charge is 0.444 e. The molecule has 1 fully saturated rings. The monoisotopic (exact) mass is 640 g/mol. The van der Waals surface area contributed by atoms with Crippen LogP contribution in [0.1, 0.15) is 90.5 Å². The topological polar surface area (TPSA) is 94.7 Å². The van der Waals surface area contributed by atoms with E-state index in [0.717, 1.165) is 64.9 Å². The molecule has 1 aromatic carbocycles. The van der Waals surface area contributed by atoms with E-state index >= 15 is 0 Å². The normalized spacial score (nSPS) is 16.9. The lowest BCUT2D eigenvalue weighted by Gasteiger charge is -2.33. The Morgan fingerprint density at radius 3 is 2.48 bits per heavy atom. The van der Waals surface area contributed by atoms with Gasteiger partial charge in [-0.05, 0) is 90.5 Å². The SMILES string of the molecule is Cc1sc2c(c1C)C(c1ccc(CCCOC3CCN(C(=O)OC(C)(C)C)CC3)cc1)=N[C@@H](Cc1ccccn1)c1nnc(C)n1-2. The first-order chi connectivity index (χ1) is 22.1. The average molecular weight is 641 g/mol. The molecule has 0 unspecified atom stereocenters. The molecule has 6 rings (SSSR count). The number of thiophene rings is 1. The van der Waals surface area contributed by atoms with Crippen molar-refractivity contribution in [2.45, 2.75) is 91.4 Å². The van der Waals surface area contributed by atoms with Gasteiger partial charge >= 0.3 is 6.09 Å². The fourth-order valence-corrected chi connectivity index (χ4v) is 7.34. The first-order valence-corrected chi connectivity index (χ1v) is 17.1. The molecule has 0 aliphatic carbocycles. The summed E-state index contributed by atoms with van der Waals surface area (Å²) in [6.45, 7) is 14.1. The molecule has 242 valence electrons. The standard InChI is InChI=1S/C36H44N6O3S/c1-23-24(2)46-34-31(23)32(38-30(22-28-11-7-8-18-37-28)33-40-39-25(3)42(33)34)27-14-12-26(13-15-27)10-9-21-44-29-16-19-41(20-17-29)35(43)45-36(4,5)6/h7-8,11-15,18,29-30H,9-10,16-17,19-22H2,1-6H3/t30-/m0/s1. The van der Waals surface area contributed by atoms with E-state index in [1.807, 2.05) is 52.1 Å². The highest BCUT2D eigenvalue weighted by molar-refractivity contribution is 7.15.